The quantitative estimate of drug-likeness (QED) is 0.521. The van der Waals surface area contributed by atoms with Crippen molar-refractivity contribution in [3.8, 4) is 23.2 Å². The Morgan fingerprint density at radius 3 is 2.37 bits per heavy atom. The Balaban J connectivity index is 2.11. The molecular weight excluding hydrogens is 352 g/mol. The van der Waals surface area contributed by atoms with E-state index in [9.17, 15) is 30.0 Å². The van der Waals surface area contributed by atoms with Crippen LogP contribution >= 0.6 is 0 Å². The largest absolute Gasteiger partial charge is 0.508 e. The first-order chi connectivity index (χ1) is 12.8. The lowest BCUT2D eigenvalue weighted by molar-refractivity contribution is 0.103. The zero-order valence-electron chi connectivity index (χ0n) is 14.3. The van der Waals surface area contributed by atoms with Gasteiger partial charge in [0.2, 0.25) is 5.78 Å². The molecule has 27 heavy (non-hydrogen) atoms. The van der Waals surface area contributed by atoms with Gasteiger partial charge in [-0.1, -0.05) is 12.1 Å². The maximum Gasteiger partial charge on any atom is 0.285 e. The highest BCUT2D eigenvalue weighted by atomic mass is 16.5. The van der Waals surface area contributed by atoms with Gasteiger partial charge in [-0.2, -0.15) is 0 Å². The maximum absolute atomic E-state index is 13.0. The molecule has 0 spiro atoms. The number of hydrogen-bond donors (Lipinski definition) is 4. The molecule has 3 rings (SSSR count). The van der Waals surface area contributed by atoms with Gasteiger partial charge in [-0.25, -0.2) is 0 Å². The summed E-state index contributed by atoms with van der Waals surface area (Å²) in [5.41, 5.74) is 0.0607. The Hall–Kier alpha value is -3.74. The van der Waals surface area contributed by atoms with Crippen molar-refractivity contribution < 1.29 is 29.6 Å². The highest BCUT2D eigenvalue weighted by Crippen LogP contribution is 2.33. The van der Waals surface area contributed by atoms with Gasteiger partial charge in [0.05, 0.1) is 17.2 Å². The third-order valence-corrected chi connectivity index (χ3v) is 4.05. The topological polar surface area (TPSA) is 128 Å². The molecule has 1 aromatic heterocycles. The number of phenols is 3. The van der Waals surface area contributed by atoms with Gasteiger partial charge >= 0.3 is 0 Å². The van der Waals surface area contributed by atoms with Crippen LogP contribution in [0.4, 0.5) is 0 Å². The minimum atomic E-state index is -0.652. The first-order valence-corrected chi connectivity index (χ1v) is 7.97. The van der Waals surface area contributed by atoms with Crippen LogP contribution in [0.3, 0.4) is 0 Å². The van der Waals surface area contributed by atoms with Crippen LogP contribution in [0.2, 0.25) is 0 Å². The monoisotopic (exact) mass is 368 g/mol. The van der Waals surface area contributed by atoms with Gasteiger partial charge in [0, 0.05) is 18.6 Å². The summed E-state index contributed by atoms with van der Waals surface area (Å²) in [5.74, 6) is -2.03. The molecule has 0 fully saturated rings. The van der Waals surface area contributed by atoms with Crippen LogP contribution in [0.1, 0.15) is 32.8 Å². The summed E-state index contributed by atoms with van der Waals surface area (Å²) in [7, 11) is 0. The molecule has 0 bridgehead atoms. The molecule has 2 aromatic carbocycles. The first-order valence-electron chi connectivity index (χ1n) is 7.97. The third-order valence-electron chi connectivity index (χ3n) is 4.05. The molecule has 4 N–H and O–H groups in total. The summed E-state index contributed by atoms with van der Waals surface area (Å²) < 4.78 is 5.09. The number of benzene rings is 2. The molecule has 0 aliphatic carbocycles. The van der Waals surface area contributed by atoms with Gasteiger partial charge in [-0.05, 0) is 30.2 Å². The van der Waals surface area contributed by atoms with Gasteiger partial charge < -0.3 is 24.8 Å². The van der Waals surface area contributed by atoms with Crippen molar-refractivity contribution in [2.24, 2.45) is 0 Å². The Morgan fingerprint density at radius 2 is 1.70 bits per heavy atom. The average molecular weight is 368 g/mol. The number of hydrogen-bond acceptors (Lipinski definition) is 7. The second-order valence-electron chi connectivity index (χ2n) is 6.07. The zero-order chi connectivity index (χ0) is 19.7. The number of rotatable bonds is 4. The number of ketones is 1. The molecule has 3 aromatic rings. The normalized spacial score (nSPS) is 10.7. The van der Waals surface area contributed by atoms with Crippen molar-refractivity contribution in [2.75, 3.05) is 0 Å². The molecule has 0 saturated carbocycles. The molecule has 0 aliphatic heterocycles. The summed E-state index contributed by atoms with van der Waals surface area (Å²) in [4.78, 5) is 24.6. The third kappa shape index (κ3) is 3.62. The van der Waals surface area contributed by atoms with Crippen molar-refractivity contribution in [1.29, 1.82) is 0 Å². The van der Waals surface area contributed by atoms with Crippen LogP contribution in [0.5, 0.6) is 23.2 Å². The molecule has 0 aliphatic rings. The van der Waals surface area contributed by atoms with E-state index >= 15 is 0 Å². The Bertz CT molecular complexity index is 1070. The van der Waals surface area contributed by atoms with Crippen molar-refractivity contribution in [2.45, 2.75) is 13.3 Å². The number of phenolic OH excluding ortho intramolecular Hbond substituents is 3. The average Bonchev–Trinajstić information content (AvgIpc) is 2.52. The zero-order valence-corrected chi connectivity index (χ0v) is 14.3. The van der Waals surface area contributed by atoms with E-state index in [1.54, 1.807) is 13.0 Å². The van der Waals surface area contributed by atoms with Crippen LogP contribution in [0.15, 0.2) is 51.7 Å². The minimum absolute atomic E-state index is 0.0446. The van der Waals surface area contributed by atoms with Crippen LogP contribution in [-0.4, -0.2) is 26.2 Å². The van der Waals surface area contributed by atoms with Crippen molar-refractivity contribution in [3.63, 3.8) is 0 Å². The molecule has 7 heteroatoms. The number of aromatic hydroxyl groups is 4. The second-order valence-corrected chi connectivity index (χ2v) is 6.07. The summed E-state index contributed by atoms with van der Waals surface area (Å²) in [6.45, 7) is 1.54. The Labute approximate surface area is 153 Å². The number of aryl methyl sites for hydroxylation is 1. The highest BCUT2D eigenvalue weighted by molar-refractivity contribution is 6.14. The smallest absolute Gasteiger partial charge is 0.285 e. The van der Waals surface area contributed by atoms with Crippen LogP contribution in [0, 0.1) is 6.92 Å². The molecule has 0 saturated heterocycles. The standard InChI is InChI=1S/C20H16O7/c1-10-5-12(21)8-16(24)18(10)20(26)19-11(3-2-4-15(19)23)6-14-7-13(22)9-17(25)27-14/h2-5,7-9,21,23-25H,6H2,1H3. The summed E-state index contributed by atoms with van der Waals surface area (Å²) in [6.07, 6.45) is -0.0446. The van der Waals surface area contributed by atoms with Gasteiger partial charge in [-0.3, -0.25) is 9.59 Å². The lowest BCUT2D eigenvalue weighted by Crippen LogP contribution is -2.09. The molecular formula is C20H16O7. The van der Waals surface area contributed by atoms with Crippen LogP contribution < -0.4 is 5.43 Å². The molecule has 0 atom stereocenters. The van der Waals surface area contributed by atoms with Crippen molar-refractivity contribution >= 4 is 5.78 Å². The predicted molar refractivity (Wildman–Crippen MR) is 95.5 cm³/mol. The van der Waals surface area contributed by atoms with Gasteiger partial charge in [0.1, 0.15) is 23.0 Å². The van der Waals surface area contributed by atoms with E-state index in [1.807, 2.05) is 0 Å². The lowest BCUT2D eigenvalue weighted by atomic mass is 9.92. The Morgan fingerprint density at radius 1 is 0.963 bits per heavy atom. The summed E-state index contributed by atoms with van der Waals surface area (Å²) in [5, 5.41) is 39.3. The van der Waals surface area contributed by atoms with Crippen molar-refractivity contribution in [1.82, 2.24) is 0 Å². The molecule has 0 amide bonds. The van der Waals surface area contributed by atoms with E-state index in [0.29, 0.717) is 11.1 Å². The SMILES string of the molecule is Cc1cc(O)cc(O)c1C(=O)c1c(O)cccc1Cc1cc(=O)cc(O)o1. The maximum atomic E-state index is 13.0. The van der Waals surface area contributed by atoms with Crippen LogP contribution in [-0.2, 0) is 6.42 Å². The van der Waals surface area contributed by atoms with Gasteiger partial charge in [-0.15, -0.1) is 0 Å². The molecule has 0 radical (unpaired) electrons. The fraction of sp³-hybridized carbons (Fsp3) is 0.100. The van der Waals surface area contributed by atoms with Gasteiger partial charge in [0.25, 0.3) is 5.95 Å². The van der Waals surface area contributed by atoms with E-state index in [0.717, 1.165) is 12.1 Å². The fourth-order valence-corrected chi connectivity index (χ4v) is 2.96. The molecule has 138 valence electrons. The van der Waals surface area contributed by atoms with Crippen molar-refractivity contribution in [3.05, 3.63) is 80.7 Å². The molecule has 1 heterocycles. The van der Waals surface area contributed by atoms with E-state index in [4.69, 9.17) is 4.42 Å². The number of carbonyl (C=O) groups is 1. The minimum Gasteiger partial charge on any atom is -0.508 e. The fourth-order valence-electron chi connectivity index (χ4n) is 2.96. The van der Waals surface area contributed by atoms with E-state index in [1.165, 1.54) is 24.3 Å². The van der Waals surface area contributed by atoms with E-state index < -0.39 is 22.9 Å². The second kappa shape index (κ2) is 6.87. The Kier molecular flexibility index (Phi) is 4.60. The molecule has 7 nitrogen and oxygen atoms in total. The molecule has 0 unspecified atom stereocenters. The predicted octanol–water partition coefficient (Wildman–Crippen LogP) is 2.59. The van der Waals surface area contributed by atoms with Crippen LogP contribution in [0.25, 0.3) is 0 Å². The summed E-state index contributed by atoms with van der Waals surface area (Å²) >= 11 is 0. The van der Waals surface area contributed by atoms with E-state index in [2.05, 4.69) is 0 Å². The van der Waals surface area contributed by atoms with E-state index in [-0.39, 0.29) is 34.8 Å². The lowest BCUT2D eigenvalue weighted by Gasteiger charge is -2.13. The number of carbonyl (C=O) groups excluding carboxylic acids is 1. The summed E-state index contributed by atoms with van der Waals surface area (Å²) in [6, 6.07) is 8.84. The first kappa shape index (κ1) is 18.1. The highest BCUT2D eigenvalue weighted by Gasteiger charge is 2.23. The van der Waals surface area contributed by atoms with Gasteiger partial charge in [0.15, 0.2) is 5.43 Å².